The van der Waals surface area contributed by atoms with E-state index in [9.17, 15) is 4.79 Å². The molecule has 1 aliphatic rings. The second-order valence-electron chi connectivity index (χ2n) is 6.05. The molecule has 0 unspecified atom stereocenters. The summed E-state index contributed by atoms with van der Waals surface area (Å²) in [5.74, 6) is 1.46. The molecule has 0 aromatic heterocycles. The van der Waals surface area contributed by atoms with E-state index in [4.69, 9.17) is 9.47 Å². The third kappa shape index (κ3) is 3.45. The van der Waals surface area contributed by atoms with Gasteiger partial charge in [0, 0.05) is 6.54 Å². The maximum absolute atomic E-state index is 12.3. The minimum absolute atomic E-state index is 0.194. The number of nitrogens with one attached hydrogen (secondary N) is 2. The molecule has 2 aromatic carbocycles. The standard InChI is InChI=1S/C19H22N2O3/c1-3-19(2,15-7-5-4-6-8-15)21-18(22)20-12-14-9-10-16-17(11-14)24-13-23-16/h4-11H,3,12-13H2,1-2H3,(H2,20,21,22)/t19-/m0/s1. The number of ether oxygens (including phenoxy) is 2. The quantitative estimate of drug-likeness (QED) is 0.883. The Balaban J connectivity index is 1.60. The first-order chi connectivity index (χ1) is 11.6. The zero-order valence-corrected chi connectivity index (χ0v) is 14.0. The van der Waals surface area contributed by atoms with Crippen LogP contribution in [0.5, 0.6) is 11.5 Å². The van der Waals surface area contributed by atoms with E-state index in [-0.39, 0.29) is 12.8 Å². The normalized spacial score (nSPS) is 14.8. The minimum atomic E-state index is -0.403. The molecule has 0 aliphatic carbocycles. The molecule has 0 fully saturated rings. The Morgan fingerprint density at radius 1 is 1.12 bits per heavy atom. The van der Waals surface area contributed by atoms with Gasteiger partial charge < -0.3 is 20.1 Å². The summed E-state index contributed by atoms with van der Waals surface area (Å²) in [7, 11) is 0. The van der Waals surface area contributed by atoms with Crippen molar-refractivity contribution < 1.29 is 14.3 Å². The van der Waals surface area contributed by atoms with Gasteiger partial charge in [0.1, 0.15) is 0 Å². The number of carbonyl (C=O) groups excluding carboxylic acids is 1. The molecule has 2 aromatic rings. The highest BCUT2D eigenvalue weighted by molar-refractivity contribution is 5.75. The van der Waals surface area contributed by atoms with Crippen LogP contribution in [0, 0.1) is 0 Å². The molecule has 0 saturated carbocycles. The first kappa shape index (κ1) is 16.2. The largest absolute Gasteiger partial charge is 0.454 e. The van der Waals surface area contributed by atoms with Crippen LogP contribution in [-0.2, 0) is 12.1 Å². The molecule has 5 heteroatoms. The smallest absolute Gasteiger partial charge is 0.315 e. The maximum atomic E-state index is 12.3. The van der Waals surface area contributed by atoms with E-state index in [0.717, 1.165) is 29.0 Å². The highest BCUT2D eigenvalue weighted by atomic mass is 16.7. The van der Waals surface area contributed by atoms with Crippen molar-refractivity contribution in [1.82, 2.24) is 10.6 Å². The molecule has 24 heavy (non-hydrogen) atoms. The molecule has 126 valence electrons. The van der Waals surface area contributed by atoms with Crippen LogP contribution in [0.2, 0.25) is 0 Å². The molecule has 1 atom stereocenters. The molecular formula is C19H22N2O3. The fraction of sp³-hybridized carbons (Fsp3) is 0.316. The lowest BCUT2D eigenvalue weighted by atomic mass is 9.89. The van der Waals surface area contributed by atoms with Crippen molar-refractivity contribution >= 4 is 6.03 Å². The van der Waals surface area contributed by atoms with Gasteiger partial charge in [0.25, 0.3) is 0 Å². The zero-order chi connectivity index (χ0) is 17.0. The molecule has 5 nitrogen and oxygen atoms in total. The lowest BCUT2D eigenvalue weighted by Gasteiger charge is -2.30. The van der Waals surface area contributed by atoms with Gasteiger partial charge in [-0.2, -0.15) is 0 Å². The number of amides is 2. The third-order valence-electron chi connectivity index (χ3n) is 4.40. The first-order valence-electron chi connectivity index (χ1n) is 8.11. The highest BCUT2D eigenvalue weighted by Crippen LogP contribution is 2.32. The fourth-order valence-corrected chi connectivity index (χ4v) is 2.70. The summed E-state index contributed by atoms with van der Waals surface area (Å²) >= 11 is 0. The summed E-state index contributed by atoms with van der Waals surface area (Å²) in [4.78, 5) is 12.3. The van der Waals surface area contributed by atoms with E-state index in [2.05, 4.69) is 17.6 Å². The molecule has 1 aliphatic heterocycles. The Hall–Kier alpha value is -2.69. The van der Waals surface area contributed by atoms with Crippen molar-refractivity contribution in [3.63, 3.8) is 0 Å². The molecule has 1 heterocycles. The van der Waals surface area contributed by atoms with Crippen molar-refractivity contribution in [3.05, 3.63) is 59.7 Å². The Morgan fingerprint density at radius 2 is 1.88 bits per heavy atom. The Bertz CT molecular complexity index is 718. The van der Waals surface area contributed by atoms with E-state index < -0.39 is 5.54 Å². The summed E-state index contributed by atoms with van der Waals surface area (Å²) < 4.78 is 10.6. The van der Waals surface area contributed by atoms with Crippen LogP contribution in [0.25, 0.3) is 0 Å². The van der Waals surface area contributed by atoms with Crippen LogP contribution in [0.1, 0.15) is 31.4 Å². The van der Waals surface area contributed by atoms with Crippen LogP contribution in [0.4, 0.5) is 4.79 Å². The summed E-state index contributed by atoms with van der Waals surface area (Å²) in [6.45, 7) is 4.77. The molecule has 2 amide bonds. The van der Waals surface area contributed by atoms with Crippen LogP contribution in [-0.4, -0.2) is 12.8 Å². The van der Waals surface area contributed by atoms with Gasteiger partial charge in [0.05, 0.1) is 5.54 Å². The van der Waals surface area contributed by atoms with Gasteiger partial charge in [-0.1, -0.05) is 43.3 Å². The van der Waals surface area contributed by atoms with Crippen molar-refractivity contribution in [2.45, 2.75) is 32.4 Å². The number of fused-ring (bicyclic) bond motifs is 1. The van der Waals surface area contributed by atoms with Crippen LogP contribution >= 0.6 is 0 Å². The van der Waals surface area contributed by atoms with Crippen LogP contribution < -0.4 is 20.1 Å². The van der Waals surface area contributed by atoms with E-state index in [1.165, 1.54) is 0 Å². The second kappa shape index (κ2) is 6.83. The molecule has 0 radical (unpaired) electrons. The lowest BCUT2D eigenvalue weighted by molar-refractivity contribution is 0.174. The number of rotatable bonds is 5. The van der Waals surface area contributed by atoms with Gasteiger partial charge in [0.2, 0.25) is 6.79 Å². The predicted octanol–water partition coefficient (Wildman–Crippen LogP) is 3.54. The van der Waals surface area contributed by atoms with Gasteiger partial charge in [-0.3, -0.25) is 0 Å². The van der Waals surface area contributed by atoms with E-state index in [1.54, 1.807) is 0 Å². The first-order valence-corrected chi connectivity index (χ1v) is 8.11. The summed E-state index contributed by atoms with van der Waals surface area (Å²) in [5, 5.41) is 5.98. The second-order valence-corrected chi connectivity index (χ2v) is 6.05. The van der Waals surface area contributed by atoms with Crippen molar-refractivity contribution in [2.24, 2.45) is 0 Å². The molecule has 0 saturated heterocycles. The van der Waals surface area contributed by atoms with Gasteiger partial charge in [-0.25, -0.2) is 4.79 Å². The third-order valence-corrected chi connectivity index (χ3v) is 4.40. The van der Waals surface area contributed by atoms with E-state index in [1.807, 2.05) is 55.5 Å². The Morgan fingerprint density at radius 3 is 2.62 bits per heavy atom. The van der Waals surface area contributed by atoms with Crippen molar-refractivity contribution in [3.8, 4) is 11.5 Å². The minimum Gasteiger partial charge on any atom is -0.454 e. The molecule has 3 rings (SSSR count). The monoisotopic (exact) mass is 326 g/mol. The average molecular weight is 326 g/mol. The maximum Gasteiger partial charge on any atom is 0.315 e. The Kier molecular flexibility index (Phi) is 4.60. The summed E-state index contributed by atoms with van der Waals surface area (Å²) in [6.07, 6.45) is 0.800. The van der Waals surface area contributed by atoms with Gasteiger partial charge >= 0.3 is 6.03 Å². The molecule has 0 bridgehead atoms. The van der Waals surface area contributed by atoms with Crippen LogP contribution in [0.15, 0.2) is 48.5 Å². The SMILES string of the molecule is CC[C@](C)(NC(=O)NCc1ccc2c(c1)OCO2)c1ccccc1. The van der Waals surface area contributed by atoms with Crippen molar-refractivity contribution in [1.29, 1.82) is 0 Å². The van der Waals surface area contributed by atoms with Crippen LogP contribution in [0.3, 0.4) is 0 Å². The summed E-state index contributed by atoms with van der Waals surface area (Å²) in [6, 6.07) is 15.5. The van der Waals surface area contributed by atoms with Gasteiger partial charge in [-0.05, 0) is 36.6 Å². The van der Waals surface area contributed by atoms with Crippen molar-refractivity contribution in [2.75, 3.05) is 6.79 Å². The molecule has 0 spiro atoms. The number of benzene rings is 2. The molecule has 2 N–H and O–H groups in total. The lowest BCUT2D eigenvalue weighted by Crippen LogP contribution is -2.47. The predicted molar refractivity (Wildman–Crippen MR) is 92.0 cm³/mol. The number of urea groups is 1. The fourth-order valence-electron chi connectivity index (χ4n) is 2.70. The van der Waals surface area contributed by atoms with E-state index in [0.29, 0.717) is 6.54 Å². The number of hydrogen-bond donors (Lipinski definition) is 2. The summed E-state index contributed by atoms with van der Waals surface area (Å²) in [5.41, 5.74) is 1.65. The number of hydrogen-bond acceptors (Lipinski definition) is 3. The molecular weight excluding hydrogens is 304 g/mol. The number of carbonyl (C=O) groups is 1. The highest BCUT2D eigenvalue weighted by Gasteiger charge is 2.26. The van der Waals surface area contributed by atoms with E-state index >= 15 is 0 Å². The van der Waals surface area contributed by atoms with Gasteiger partial charge in [-0.15, -0.1) is 0 Å². The van der Waals surface area contributed by atoms with Gasteiger partial charge in [0.15, 0.2) is 11.5 Å². The average Bonchev–Trinajstić information content (AvgIpc) is 3.08. The topological polar surface area (TPSA) is 59.6 Å². The zero-order valence-electron chi connectivity index (χ0n) is 14.0. The Labute approximate surface area is 142 Å².